The van der Waals surface area contributed by atoms with Crippen LogP contribution in [-0.2, 0) is 6.18 Å². The molecule has 0 aliphatic carbocycles. The number of nitrogens with zero attached hydrogens (tertiary/aromatic N) is 1. The Bertz CT molecular complexity index is 877. The Hall–Kier alpha value is -2.61. The van der Waals surface area contributed by atoms with Crippen molar-refractivity contribution in [3.05, 3.63) is 58.4 Å². The van der Waals surface area contributed by atoms with E-state index in [1.54, 1.807) is 20.8 Å². The van der Waals surface area contributed by atoms with Gasteiger partial charge in [-0.25, -0.2) is 4.98 Å². The summed E-state index contributed by atoms with van der Waals surface area (Å²) in [6, 6.07) is 6.80. The molecular formula is C18H17ClF3N3O2. The van der Waals surface area contributed by atoms with Crippen LogP contribution in [0.1, 0.15) is 47.3 Å². The molecule has 144 valence electrons. The molecule has 27 heavy (non-hydrogen) atoms. The smallest absolute Gasteiger partial charge is 0.346 e. The molecule has 0 radical (unpaired) electrons. The normalized spacial score (nSPS) is 11.8. The van der Waals surface area contributed by atoms with Crippen LogP contribution < -0.4 is 10.6 Å². The first-order chi connectivity index (χ1) is 12.4. The number of alkyl halides is 3. The van der Waals surface area contributed by atoms with E-state index in [9.17, 15) is 22.8 Å². The van der Waals surface area contributed by atoms with E-state index in [0.29, 0.717) is 0 Å². The van der Waals surface area contributed by atoms with Gasteiger partial charge in [-0.3, -0.25) is 9.59 Å². The number of hydrogen-bond donors (Lipinski definition) is 2. The number of anilines is 1. The van der Waals surface area contributed by atoms with Gasteiger partial charge in [0, 0.05) is 5.54 Å². The summed E-state index contributed by atoms with van der Waals surface area (Å²) in [5, 5.41) is 4.94. The Morgan fingerprint density at radius 1 is 1.00 bits per heavy atom. The van der Waals surface area contributed by atoms with Crippen LogP contribution in [0.25, 0.3) is 0 Å². The molecule has 1 aromatic carbocycles. The molecule has 0 fully saturated rings. The maximum absolute atomic E-state index is 12.8. The van der Waals surface area contributed by atoms with Gasteiger partial charge in [-0.1, -0.05) is 17.7 Å². The highest BCUT2D eigenvalue weighted by Crippen LogP contribution is 2.33. The average molecular weight is 400 g/mol. The molecule has 0 atom stereocenters. The minimum Gasteiger partial charge on any atom is -0.346 e. The van der Waals surface area contributed by atoms with Gasteiger partial charge in [0.15, 0.2) is 0 Å². The van der Waals surface area contributed by atoms with Crippen LogP contribution in [0.2, 0.25) is 5.02 Å². The number of benzene rings is 1. The molecule has 0 spiro atoms. The fraction of sp³-hybridized carbons (Fsp3) is 0.278. The number of carbonyl (C=O) groups is 2. The summed E-state index contributed by atoms with van der Waals surface area (Å²) in [5.74, 6) is -1.27. The molecule has 2 N–H and O–H groups in total. The molecule has 0 saturated carbocycles. The van der Waals surface area contributed by atoms with E-state index in [0.717, 1.165) is 18.2 Å². The fourth-order valence-electron chi connectivity index (χ4n) is 2.08. The van der Waals surface area contributed by atoms with Gasteiger partial charge in [0.25, 0.3) is 11.8 Å². The lowest BCUT2D eigenvalue weighted by Gasteiger charge is -2.20. The van der Waals surface area contributed by atoms with Crippen molar-refractivity contribution in [3.63, 3.8) is 0 Å². The van der Waals surface area contributed by atoms with Crippen molar-refractivity contribution in [3.8, 4) is 0 Å². The molecule has 5 nitrogen and oxygen atoms in total. The van der Waals surface area contributed by atoms with E-state index in [2.05, 4.69) is 15.6 Å². The molecule has 1 heterocycles. The maximum atomic E-state index is 12.8. The van der Waals surface area contributed by atoms with E-state index in [1.807, 2.05) is 0 Å². The summed E-state index contributed by atoms with van der Waals surface area (Å²) < 4.78 is 38.5. The number of halogens is 4. The summed E-state index contributed by atoms with van der Waals surface area (Å²) in [6.45, 7) is 5.37. The number of pyridine rings is 1. The highest BCUT2D eigenvalue weighted by molar-refractivity contribution is 6.33. The van der Waals surface area contributed by atoms with Crippen molar-refractivity contribution in [2.24, 2.45) is 0 Å². The minimum atomic E-state index is -4.58. The van der Waals surface area contributed by atoms with Crippen LogP contribution in [-0.4, -0.2) is 22.3 Å². The summed E-state index contributed by atoms with van der Waals surface area (Å²) >= 11 is 5.87. The van der Waals surface area contributed by atoms with Crippen LogP contribution in [0.4, 0.5) is 18.9 Å². The van der Waals surface area contributed by atoms with Crippen LogP contribution in [0, 0.1) is 0 Å². The SMILES string of the molecule is CC(C)(C)NC(=O)c1cccc(C(=O)Nc2cc(C(F)(F)F)ccc2Cl)n1. The molecule has 0 aliphatic rings. The zero-order valence-electron chi connectivity index (χ0n) is 14.7. The molecule has 0 aliphatic heterocycles. The zero-order chi connectivity index (χ0) is 20.4. The van der Waals surface area contributed by atoms with E-state index >= 15 is 0 Å². The predicted molar refractivity (Wildman–Crippen MR) is 95.9 cm³/mol. The van der Waals surface area contributed by atoms with Crippen LogP contribution in [0.5, 0.6) is 0 Å². The quantitative estimate of drug-likeness (QED) is 0.796. The lowest BCUT2D eigenvalue weighted by molar-refractivity contribution is -0.137. The molecule has 0 unspecified atom stereocenters. The predicted octanol–water partition coefficient (Wildman–Crippen LogP) is 4.53. The highest BCUT2D eigenvalue weighted by atomic mass is 35.5. The Morgan fingerprint density at radius 2 is 1.59 bits per heavy atom. The van der Waals surface area contributed by atoms with Gasteiger partial charge in [0.2, 0.25) is 0 Å². The number of carbonyl (C=O) groups excluding carboxylic acids is 2. The molecule has 9 heteroatoms. The van der Waals surface area contributed by atoms with Crippen LogP contribution >= 0.6 is 11.6 Å². The van der Waals surface area contributed by atoms with E-state index in [1.165, 1.54) is 18.2 Å². The zero-order valence-corrected chi connectivity index (χ0v) is 15.5. The third-order valence-electron chi connectivity index (χ3n) is 3.24. The van der Waals surface area contributed by atoms with Gasteiger partial charge in [0.1, 0.15) is 11.4 Å². The van der Waals surface area contributed by atoms with Crippen molar-refractivity contribution in [2.75, 3.05) is 5.32 Å². The van der Waals surface area contributed by atoms with Crippen molar-refractivity contribution in [1.82, 2.24) is 10.3 Å². The summed E-state index contributed by atoms with van der Waals surface area (Å²) in [4.78, 5) is 28.5. The standard InChI is InChI=1S/C18H17ClF3N3O2/c1-17(2,3)25-16(27)13-6-4-5-12(23-13)15(26)24-14-9-10(18(20,21)22)7-8-11(14)19/h4-9H,1-3H3,(H,24,26)(H,25,27). The second-order valence-corrected chi connectivity index (χ2v) is 7.17. The Kier molecular flexibility index (Phi) is 5.79. The van der Waals surface area contributed by atoms with E-state index in [-0.39, 0.29) is 22.1 Å². The first-order valence-corrected chi connectivity index (χ1v) is 8.22. The van der Waals surface area contributed by atoms with E-state index in [4.69, 9.17) is 11.6 Å². The number of aromatic nitrogens is 1. The van der Waals surface area contributed by atoms with Gasteiger partial charge >= 0.3 is 6.18 Å². The first-order valence-electron chi connectivity index (χ1n) is 7.84. The van der Waals surface area contributed by atoms with Gasteiger partial charge in [-0.2, -0.15) is 13.2 Å². The number of nitrogens with one attached hydrogen (secondary N) is 2. The Balaban J connectivity index is 2.25. The van der Waals surface area contributed by atoms with Gasteiger partial charge in [-0.05, 0) is 51.1 Å². The third-order valence-corrected chi connectivity index (χ3v) is 3.57. The highest BCUT2D eigenvalue weighted by Gasteiger charge is 2.31. The molecule has 1 aromatic heterocycles. The first kappa shape index (κ1) is 20.7. The molecule has 2 aromatic rings. The maximum Gasteiger partial charge on any atom is 0.416 e. The summed E-state index contributed by atoms with van der Waals surface area (Å²) in [7, 11) is 0. The average Bonchev–Trinajstić information content (AvgIpc) is 2.54. The number of hydrogen-bond acceptors (Lipinski definition) is 3. The van der Waals surface area contributed by atoms with Crippen LogP contribution in [0.3, 0.4) is 0 Å². The second kappa shape index (κ2) is 7.56. The Morgan fingerprint density at radius 3 is 2.15 bits per heavy atom. The van der Waals surface area contributed by atoms with Crippen molar-refractivity contribution in [1.29, 1.82) is 0 Å². The van der Waals surface area contributed by atoms with Crippen molar-refractivity contribution < 1.29 is 22.8 Å². The van der Waals surface area contributed by atoms with Gasteiger partial charge in [-0.15, -0.1) is 0 Å². The number of rotatable bonds is 3. The van der Waals surface area contributed by atoms with Crippen LogP contribution in [0.15, 0.2) is 36.4 Å². The molecular weight excluding hydrogens is 383 g/mol. The van der Waals surface area contributed by atoms with Crippen molar-refractivity contribution >= 4 is 29.1 Å². The monoisotopic (exact) mass is 399 g/mol. The fourth-order valence-corrected chi connectivity index (χ4v) is 2.24. The Labute approximate surface area is 158 Å². The lowest BCUT2D eigenvalue weighted by atomic mass is 10.1. The topological polar surface area (TPSA) is 71.1 Å². The largest absolute Gasteiger partial charge is 0.416 e. The van der Waals surface area contributed by atoms with Gasteiger partial charge < -0.3 is 10.6 Å². The van der Waals surface area contributed by atoms with E-state index < -0.39 is 29.1 Å². The van der Waals surface area contributed by atoms with Crippen molar-refractivity contribution in [2.45, 2.75) is 32.5 Å². The minimum absolute atomic E-state index is 0.00714. The molecule has 0 saturated heterocycles. The summed E-state index contributed by atoms with van der Waals surface area (Å²) in [6.07, 6.45) is -4.58. The summed E-state index contributed by atoms with van der Waals surface area (Å²) in [5.41, 5.74) is -1.78. The molecule has 2 rings (SSSR count). The molecule has 2 amide bonds. The van der Waals surface area contributed by atoms with Gasteiger partial charge in [0.05, 0.1) is 16.3 Å². The third kappa shape index (κ3) is 5.68. The number of amides is 2. The second-order valence-electron chi connectivity index (χ2n) is 6.76. The molecule has 0 bridgehead atoms. The lowest BCUT2D eigenvalue weighted by Crippen LogP contribution is -2.41.